The number of guanidine groups is 1. The zero-order valence-corrected chi connectivity index (χ0v) is 15.2. The summed E-state index contributed by atoms with van der Waals surface area (Å²) in [5.41, 5.74) is 16.0. The fraction of sp³-hybridized carbons (Fsp3) is 0.0952. The van der Waals surface area contributed by atoms with Gasteiger partial charge in [-0.15, -0.1) is 5.10 Å². The number of benzene rings is 2. The topological polar surface area (TPSA) is 94.6 Å². The van der Waals surface area contributed by atoms with Crippen molar-refractivity contribution in [1.29, 1.82) is 0 Å². The van der Waals surface area contributed by atoms with Crippen LogP contribution in [0.1, 0.15) is 29.3 Å². The standard InChI is InChI=1S/C21H20N6/c1-15(25-26-21(22)23)20-14-24-27(16(20)2)19-12-10-18(11-13-19)9-8-17-6-4-3-5-7-17/h3-7,10-14H,1-2H3,(H4,22,23,26)/b25-15-. The van der Waals surface area contributed by atoms with Crippen LogP contribution < -0.4 is 11.5 Å². The van der Waals surface area contributed by atoms with Gasteiger partial charge in [-0.1, -0.05) is 30.0 Å². The van der Waals surface area contributed by atoms with Crippen molar-refractivity contribution in [2.24, 2.45) is 21.7 Å². The van der Waals surface area contributed by atoms with Gasteiger partial charge in [0, 0.05) is 16.7 Å². The smallest absolute Gasteiger partial charge is 0.211 e. The first-order valence-corrected chi connectivity index (χ1v) is 8.40. The minimum atomic E-state index is -0.0772. The second-order valence-corrected chi connectivity index (χ2v) is 5.93. The van der Waals surface area contributed by atoms with Crippen molar-refractivity contribution in [2.75, 3.05) is 0 Å². The van der Waals surface area contributed by atoms with E-state index in [0.717, 1.165) is 28.1 Å². The summed E-state index contributed by atoms with van der Waals surface area (Å²) in [5, 5.41) is 12.1. The third kappa shape index (κ3) is 4.41. The predicted molar refractivity (Wildman–Crippen MR) is 109 cm³/mol. The summed E-state index contributed by atoms with van der Waals surface area (Å²) < 4.78 is 1.85. The molecule has 0 bridgehead atoms. The average molecular weight is 356 g/mol. The molecule has 0 aliphatic heterocycles. The van der Waals surface area contributed by atoms with Crippen LogP contribution in [0.4, 0.5) is 0 Å². The lowest BCUT2D eigenvalue weighted by atomic mass is 10.1. The molecule has 0 fully saturated rings. The number of nitrogens with two attached hydrogens (primary N) is 2. The first kappa shape index (κ1) is 18.0. The zero-order valence-electron chi connectivity index (χ0n) is 15.2. The van der Waals surface area contributed by atoms with E-state index in [2.05, 4.69) is 27.1 Å². The maximum atomic E-state index is 5.32. The Morgan fingerprint density at radius 1 is 0.926 bits per heavy atom. The Labute approximate surface area is 158 Å². The van der Waals surface area contributed by atoms with Crippen molar-refractivity contribution in [1.82, 2.24) is 9.78 Å². The molecule has 134 valence electrons. The highest BCUT2D eigenvalue weighted by Gasteiger charge is 2.10. The Kier molecular flexibility index (Phi) is 5.33. The minimum absolute atomic E-state index is 0.0772. The molecule has 3 aromatic rings. The Bertz CT molecular complexity index is 1040. The molecule has 0 atom stereocenters. The summed E-state index contributed by atoms with van der Waals surface area (Å²) in [6.07, 6.45) is 1.75. The molecule has 0 unspecified atom stereocenters. The molecular formula is C21H20N6. The van der Waals surface area contributed by atoms with Gasteiger partial charge in [0.05, 0.1) is 23.3 Å². The molecule has 6 heteroatoms. The number of hydrogen-bond donors (Lipinski definition) is 2. The van der Waals surface area contributed by atoms with Gasteiger partial charge in [-0.05, 0) is 50.2 Å². The van der Waals surface area contributed by atoms with Crippen LogP contribution >= 0.6 is 0 Å². The van der Waals surface area contributed by atoms with E-state index < -0.39 is 0 Å². The highest BCUT2D eigenvalue weighted by molar-refractivity contribution is 5.99. The Morgan fingerprint density at radius 3 is 2.19 bits per heavy atom. The molecule has 6 nitrogen and oxygen atoms in total. The third-order valence-corrected chi connectivity index (χ3v) is 3.95. The third-order valence-electron chi connectivity index (χ3n) is 3.95. The van der Waals surface area contributed by atoms with Crippen LogP contribution in [0.25, 0.3) is 5.69 Å². The normalized spacial score (nSPS) is 10.8. The van der Waals surface area contributed by atoms with E-state index in [4.69, 9.17) is 11.5 Å². The molecule has 0 amide bonds. The highest BCUT2D eigenvalue weighted by Crippen LogP contribution is 2.16. The zero-order chi connectivity index (χ0) is 19.2. The largest absolute Gasteiger partial charge is 0.369 e. The second kappa shape index (κ2) is 8.02. The summed E-state index contributed by atoms with van der Waals surface area (Å²) in [7, 11) is 0. The molecule has 2 aromatic carbocycles. The van der Waals surface area contributed by atoms with Gasteiger partial charge in [0.1, 0.15) is 0 Å². The van der Waals surface area contributed by atoms with Gasteiger partial charge in [0.25, 0.3) is 0 Å². The molecule has 3 rings (SSSR count). The first-order valence-electron chi connectivity index (χ1n) is 8.40. The van der Waals surface area contributed by atoms with Crippen LogP contribution in [0.15, 0.2) is 71.0 Å². The Hall–Kier alpha value is -3.85. The molecule has 1 heterocycles. The highest BCUT2D eigenvalue weighted by atomic mass is 15.3. The van der Waals surface area contributed by atoms with E-state index in [9.17, 15) is 0 Å². The van der Waals surface area contributed by atoms with Gasteiger partial charge in [0.15, 0.2) is 0 Å². The van der Waals surface area contributed by atoms with Crippen LogP contribution in [0, 0.1) is 18.8 Å². The number of aromatic nitrogens is 2. The van der Waals surface area contributed by atoms with Crippen molar-refractivity contribution < 1.29 is 0 Å². The van der Waals surface area contributed by atoms with Gasteiger partial charge in [-0.25, -0.2) is 4.68 Å². The van der Waals surface area contributed by atoms with Crippen LogP contribution in [0.5, 0.6) is 0 Å². The number of hydrogen-bond acceptors (Lipinski definition) is 3. The summed E-state index contributed by atoms with van der Waals surface area (Å²) in [5.74, 6) is 6.24. The lowest BCUT2D eigenvalue weighted by Gasteiger charge is -2.05. The van der Waals surface area contributed by atoms with E-state index in [1.54, 1.807) is 6.20 Å². The van der Waals surface area contributed by atoms with Crippen molar-refractivity contribution in [2.45, 2.75) is 13.8 Å². The molecule has 0 aliphatic carbocycles. The molecule has 0 saturated carbocycles. The van der Waals surface area contributed by atoms with Crippen molar-refractivity contribution >= 4 is 11.7 Å². The average Bonchev–Trinajstić information content (AvgIpc) is 3.07. The molecule has 4 N–H and O–H groups in total. The summed E-state index contributed by atoms with van der Waals surface area (Å²) in [4.78, 5) is 0. The van der Waals surface area contributed by atoms with Gasteiger partial charge >= 0.3 is 0 Å². The summed E-state index contributed by atoms with van der Waals surface area (Å²) in [6, 6.07) is 17.8. The van der Waals surface area contributed by atoms with Gasteiger partial charge < -0.3 is 11.5 Å². The Morgan fingerprint density at radius 2 is 1.56 bits per heavy atom. The molecule has 0 saturated heterocycles. The van der Waals surface area contributed by atoms with Crippen LogP contribution in [-0.4, -0.2) is 21.5 Å². The fourth-order valence-corrected chi connectivity index (χ4v) is 2.56. The van der Waals surface area contributed by atoms with Crippen LogP contribution in [0.2, 0.25) is 0 Å². The van der Waals surface area contributed by atoms with Gasteiger partial charge in [0.2, 0.25) is 5.96 Å². The first-order chi connectivity index (χ1) is 13.0. The van der Waals surface area contributed by atoms with Crippen molar-refractivity contribution in [3.63, 3.8) is 0 Å². The maximum absolute atomic E-state index is 5.32. The SMILES string of the molecule is C/C(=N/N=C(N)N)c1cnn(-c2ccc(C#Cc3ccccc3)cc2)c1C. The molecule has 0 spiro atoms. The molecule has 1 aromatic heterocycles. The quantitative estimate of drug-likeness (QED) is 0.327. The van der Waals surface area contributed by atoms with E-state index in [1.165, 1.54) is 0 Å². The molecule has 27 heavy (non-hydrogen) atoms. The van der Waals surface area contributed by atoms with E-state index in [1.807, 2.05) is 73.1 Å². The summed E-state index contributed by atoms with van der Waals surface area (Å²) >= 11 is 0. The fourth-order valence-electron chi connectivity index (χ4n) is 2.56. The van der Waals surface area contributed by atoms with Gasteiger partial charge in [-0.3, -0.25) is 0 Å². The predicted octanol–water partition coefficient (Wildman–Crippen LogP) is 2.58. The minimum Gasteiger partial charge on any atom is -0.369 e. The van der Waals surface area contributed by atoms with Crippen LogP contribution in [-0.2, 0) is 0 Å². The van der Waals surface area contributed by atoms with Crippen LogP contribution in [0.3, 0.4) is 0 Å². The maximum Gasteiger partial charge on any atom is 0.211 e. The van der Waals surface area contributed by atoms with Gasteiger partial charge in [-0.2, -0.15) is 10.2 Å². The number of rotatable bonds is 3. The second-order valence-electron chi connectivity index (χ2n) is 5.93. The van der Waals surface area contributed by atoms with Crippen molar-refractivity contribution in [3.05, 3.63) is 83.2 Å². The number of nitrogens with zero attached hydrogens (tertiary/aromatic N) is 4. The monoisotopic (exact) mass is 356 g/mol. The summed E-state index contributed by atoms with van der Waals surface area (Å²) in [6.45, 7) is 3.81. The molecule has 0 radical (unpaired) electrons. The van der Waals surface area contributed by atoms with Crippen molar-refractivity contribution in [3.8, 4) is 17.5 Å². The Balaban J connectivity index is 1.83. The lowest BCUT2D eigenvalue weighted by molar-refractivity contribution is 0.846. The van der Waals surface area contributed by atoms with E-state index in [0.29, 0.717) is 5.71 Å². The molecular weight excluding hydrogens is 336 g/mol. The lowest BCUT2D eigenvalue weighted by Crippen LogP contribution is -2.22. The molecule has 0 aliphatic rings. The van der Waals surface area contributed by atoms with E-state index in [-0.39, 0.29) is 5.96 Å². The van der Waals surface area contributed by atoms with E-state index >= 15 is 0 Å².